The number of benzene rings is 1. The van der Waals surface area contributed by atoms with Gasteiger partial charge in [-0.25, -0.2) is 0 Å². The SMILES string of the molecule is NCCN=C(NCCNC=O)Nc1ccccc1. The molecule has 0 atom stereocenters. The molecule has 0 aliphatic heterocycles. The zero-order chi connectivity index (χ0) is 13.1. The van der Waals surface area contributed by atoms with Crippen molar-refractivity contribution >= 4 is 18.1 Å². The van der Waals surface area contributed by atoms with Crippen LogP contribution in [0.2, 0.25) is 0 Å². The van der Waals surface area contributed by atoms with Crippen molar-refractivity contribution < 1.29 is 4.79 Å². The molecule has 0 spiro atoms. The van der Waals surface area contributed by atoms with E-state index in [1.165, 1.54) is 0 Å². The van der Waals surface area contributed by atoms with Crippen LogP contribution in [0.4, 0.5) is 5.69 Å². The van der Waals surface area contributed by atoms with Crippen molar-refractivity contribution in [3.8, 4) is 0 Å². The molecule has 5 N–H and O–H groups in total. The molecule has 0 unspecified atom stereocenters. The molecule has 1 aromatic carbocycles. The van der Waals surface area contributed by atoms with E-state index in [9.17, 15) is 4.79 Å². The largest absolute Gasteiger partial charge is 0.357 e. The summed E-state index contributed by atoms with van der Waals surface area (Å²) in [5, 5.41) is 8.83. The molecule has 98 valence electrons. The number of anilines is 1. The number of nitrogens with two attached hydrogens (primary N) is 1. The van der Waals surface area contributed by atoms with Crippen LogP contribution in [0, 0.1) is 0 Å². The van der Waals surface area contributed by atoms with Crippen LogP contribution < -0.4 is 21.7 Å². The normalized spacial score (nSPS) is 10.8. The summed E-state index contributed by atoms with van der Waals surface area (Å²) in [6.07, 6.45) is 0.670. The highest BCUT2D eigenvalue weighted by Crippen LogP contribution is 2.04. The molecule has 0 aliphatic carbocycles. The Labute approximate surface area is 107 Å². The Morgan fingerprint density at radius 3 is 2.72 bits per heavy atom. The number of para-hydroxylation sites is 1. The second-order valence-electron chi connectivity index (χ2n) is 3.51. The first-order valence-electron chi connectivity index (χ1n) is 5.84. The van der Waals surface area contributed by atoms with Crippen molar-refractivity contribution in [1.82, 2.24) is 10.6 Å². The minimum absolute atomic E-state index is 0.494. The quantitative estimate of drug-likeness (QED) is 0.232. The van der Waals surface area contributed by atoms with Gasteiger partial charge in [0, 0.05) is 25.3 Å². The molecule has 0 aliphatic rings. The van der Waals surface area contributed by atoms with Gasteiger partial charge in [0.15, 0.2) is 5.96 Å². The van der Waals surface area contributed by atoms with E-state index < -0.39 is 0 Å². The van der Waals surface area contributed by atoms with E-state index >= 15 is 0 Å². The summed E-state index contributed by atoms with van der Waals surface area (Å²) in [6, 6.07) is 9.73. The highest BCUT2D eigenvalue weighted by molar-refractivity contribution is 5.93. The highest BCUT2D eigenvalue weighted by atomic mass is 16.1. The Hall–Kier alpha value is -2.08. The highest BCUT2D eigenvalue weighted by Gasteiger charge is 1.98. The Balaban J connectivity index is 2.47. The molecule has 18 heavy (non-hydrogen) atoms. The lowest BCUT2D eigenvalue weighted by Gasteiger charge is -2.12. The number of rotatable bonds is 7. The molecule has 0 radical (unpaired) electrons. The molecule has 1 aromatic rings. The fourth-order valence-corrected chi connectivity index (χ4v) is 1.29. The minimum Gasteiger partial charge on any atom is -0.357 e. The predicted octanol–water partition coefficient (Wildman–Crippen LogP) is -0.251. The zero-order valence-electron chi connectivity index (χ0n) is 10.2. The summed E-state index contributed by atoms with van der Waals surface area (Å²) < 4.78 is 0. The summed E-state index contributed by atoms with van der Waals surface area (Å²) in [6.45, 7) is 2.18. The second kappa shape index (κ2) is 9.00. The molecule has 0 aromatic heterocycles. The first kappa shape index (κ1) is 14.0. The molecule has 0 heterocycles. The van der Waals surface area contributed by atoms with Gasteiger partial charge in [0.25, 0.3) is 0 Å². The number of nitrogens with zero attached hydrogens (tertiary/aromatic N) is 1. The summed E-state index contributed by atoms with van der Waals surface area (Å²) in [4.78, 5) is 14.4. The summed E-state index contributed by atoms with van der Waals surface area (Å²) in [7, 11) is 0. The molecule has 6 heteroatoms. The predicted molar refractivity (Wildman–Crippen MR) is 73.5 cm³/mol. The standard InChI is InChI=1S/C12H19N5O/c13-6-7-15-12(16-9-8-14-10-18)17-11-4-2-1-3-5-11/h1-5,10H,6-9,13H2,(H,14,18)(H2,15,16,17). The molecule has 0 saturated heterocycles. The molecule has 6 nitrogen and oxygen atoms in total. The van der Waals surface area contributed by atoms with E-state index in [4.69, 9.17) is 5.73 Å². The number of carbonyl (C=O) groups is 1. The lowest BCUT2D eigenvalue weighted by molar-refractivity contribution is -0.109. The van der Waals surface area contributed by atoms with Crippen molar-refractivity contribution in [1.29, 1.82) is 0 Å². The summed E-state index contributed by atoms with van der Waals surface area (Å²) in [5.74, 6) is 0.652. The Kier molecular flexibility index (Phi) is 6.99. The van der Waals surface area contributed by atoms with E-state index in [1.54, 1.807) is 0 Å². The zero-order valence-corrected chi connectivity index (χ0v) is 10.2. The van der Waals surface area contributed by atoms with Crippen LogP contribution in [0.5, 0.6) is 0 Å². The lowest BCUT2D eigenvalue weighted by Crippen LogP contribution is -2.36. The molecule has 0 fully saturated rings. The first-order valence-corrected chi connectivity index (χ1v) is 5.84. The van der Waals surface area contributed by atoms with E-state index in [1.807, 2.05) is 30.3 Å². The average Bonchev–Trinajstić information content (AvgIpc) is 2.41. The van der Waals surface area contributed by atoms with Crippen molar-refractivity contribution in [2.75, 3.05) is 31.5 Å². The van der Waals surface area contributed by atoms with Crippen LogP contribution in [0.25, 0.3) is 0 Å². The smallest absolute Gasteiger partial charge is 0.207 e. The Morgan fingerprint density at radius 2 is 2.06 bits per heavy atom. The van der Waals surface area contributed by atoms with Gasteiger partial charge in [-0.2, -0.15) is 0 Å². The summed E-state index contributed by atoms with van der Waals surface area (Å²) >= 11 is 0. The molecule has 1 amide bonds. The first-order chi connectivity index (χ1) is 8.86. The number of carbonyl (C=O) groups excluding carboxylic acids is 1. The molecular formula is C12H19N5O. The third-order valence-corrected chi connectivity index (χ3v) is 2.08. The lowest BCUT2D eigenvalue weighted by atomic mass is 10.3. The second-order valence-corrected chi connectivity index (χ2v) is 3.51. The van der Waals surface area contributed by atoms with Gasteiger partial charge in [-0.05, 0) is 12.1 Å². The number of hydrogen-bond donors (Lipinski definition) is 4. The van der Waals surface area contributed by atoms with Gasteiger partial charge in [-0.1, -0.05) is 18.2 Å². The van der Waals surface area contributed by atoms with Gasteiger partial charge in [-0.15, -0.1) is 0 Å². The summed E-state index contributed by atoms with van der Waals surface area (Å²) in [5.41, 5.74) is 6.37. The van der Waals surface area contributed by atoms with Gasteiger partial charge in [-0.3, -0.25) is 9.79 Å². The van der Waals surface area contributed by atoms with Crippen LogP contribution in [-0.4, -0.2) is 38.5 Å². The van der Waals surface area contributed by atoms with E-state index in [2.05, 4.69) is 20.9 Å². The number of guanidine groups is 1. The average molecular weight is 249 g/mol. The molecule has 1 rings (SSSR count). The van der Waals surface area contributed by atoms with Gasteiger partial charge in [0.05, 0.1) is 6.54 Å². The van der Waals surface area contributed by atoms with Crippen LogP contribution >= 0.6 is 0 Å². The van der Waals surface area contributed by atoms with Crippen LogP contribution in [0.1, 0.15) is 0 Å². The fraction of sp³-hybridized carbons (Fsp3) is 0.333. The number of aliphatic imine (C=N–C) groups is 1. The van der Waals surface area contributed by atoms with E-state index in [0.29, 0.717) is 38.5 Å². The maximum Gasteiger partial charge on any atom is 0.207 e. The van der Waals surface area contributed by atoms with Crippen molar-refractivity contribution in [3.05, 3.63) is 30.3 Å². The number of nitrogens with one attached hydrogen (secondary N) is 3. The van der Waals surface area contributed by atoms with E-state index in [0.717, 1.165) is 5.69 Å². The monoisotopic (exact) mass is 249 g/mol. The Morgan fingerprint density at radius 1 is 1.28 bits per heavy atom. The van der Waals surface area contributed by atoms with Gasteiger partial charge >= 0.3 is 0 Å². The van der Waals surface area contributed by atoms with Gasteiger partial charge < -0.3 is 21.7 Å². The fourth-order valence-electron chi connectivity index (χ4n) is 1.29. The molecule has 0 saturated carbocycles. The third-order valence-electron chi connectivity index (χ3n) is 2.08. The van der Waals surface area contributed by atoms with Crippen molar-refractivity contribution in [3.63, 3.8) is 0 Å². The van der Waals surface area contributed by atoms with Crippen molar-refractivity contribution in [2.45, 2.75) is 0 Å². The van der Waals surface area contributed by atoms with Gasteiger partial charge in [0.2, 0.25) is 6.41 Å². The Bertz CT molecular complexity index is 366. The number of hydrogen-bond acceptors (Lipinski definition) is 3. The van der Waals surface area contributed by atoms with Crippen LogP contribution in [0.3, 0.4) is 0 Å². The third kappa shape index (κ3) is 5.86. The molecular weight excluding hydrogens is 230 g/mol. The van der Waals surface area contributed by atoms with Crippen LogP contribution in [0.15, 0.2) is 35.3 Å². The maximum atomic E-state index is 10.1. The van der Waals surface area contributed by atoms with E-state index in [-0.39, 0.29) is 0 Å². The number of amides is 1. The maximum absolute atomic E-state index is 10.1. The topological polar surface area (TPSA) is 91.5 Å². The van der Waals surface area contributed by atoms with Gasteiger partial charge in [0.1, 0.15) is 0 Å². The van der Waals surface area contributed by atoms with Crippen LogP contribution in [-0.2, 0) is 4.79 Å². The molecule has 0 bridgehead atoms. The van der Waals surface area contributed by atoms with Crippen molar-refractivity contribution in [2.24, 2.45) is 10.7 Å². The minimum atomic E-state index is 0.494.